The molecule has 6 rings (SSSR count). The van der Waals surface area contributed by atoms with E-state index >= 15 is 0 Å². The molecular formula is C17H23N3O. The van der Waals surface area contributed by atoms with Gasteiger partial charge in [0.05, 0.1) is 5.69 Å². The zero-order chi connectivity index (χ0) is 14.0. The van der Waals surface area contributed by atoms with Gasteiger partial charge in [-0.15, -0.1) is 0 Å². The summed E-state index contributed by atoms with van der Waals surface area (Å²) in [6, 6.07) is 0. The fourth-order valence-corrected chi connectivity index (χ4v) is 6.02. The number of hydrogen-bond acceptors (Lipinski definition) is 3. The summed E-state index contributed by atoms with van der Waals surface area (Å²) in [7, 11) is 0. The highest BCUT2D eigenvalue weighted by atomic mass is 16.1. The Bertz CT molecular complexity index is 613. The van der Waals surface area contributed by atoms with E-state index in [4.69, 9.17) is 4.98 Å². The molecule has 4 saturated carbocycles. The van der Waals surface area contributed by atoms with Crippen molar-refractivity contribution in [2.45, 2.75) is 56.9 Å². The topological polar surface area (TPSA) is 57.8 Å². The number of nitrogens with zero attached hydrogens (tertiary/aromatic N) is 1. The fraction of sp³-hybridized carbons (Fsp3) is 0.765. The van der Waals surface area contributed by atoms with E-state index in [9.17, 15) is 4.79 Å². The summed E-state index contributed by atoms with van der Waals surface area (Å²) in [6.07, 6.45) is 8.87. The number of aromatic nitrogens is 2. The molecule has 4 aliphatic carbocycles. The molecule has 2 N–H and O–H groups in total. The Morgan fingerprint density at radius 3 is 2.38 bits per heavy atom. The first kappa shape index (κ1) is 12.4. The Hall–Kier alpha value is -1.16. The maximum absolute atomic E-state index is 12.5. The van der Waals surface area contributed by atoms with Crippen LogP contribution in [0.25, 0.3) is 0 Å². The molecule has 112 valence electrons. The molecule has 1 aromatic rings. The van der Waals surface area contributed by atoms with Gasteiger partial charge in [0, 0.05) is 17.5 Å². The normalized spacial score (nSPS) is 40.3. The lowest BCUT2D eigenvalue weighted by Crippen LogP contribution is -2.50. The number of fused-ring (bicyclic) bond motifs is 1. The quantitative estimate of drug-likeness (QED) is 0.828. The van der Waals surface area contributed by atoms with Gasteiger partial charge in [-0.05, 0) is 69.2 Å². The maximum Gasteiger partial charge on any atom is 0.254 e. The minimum absolute atomic E-state index is 0.132. The molecule has 4 nitrogen and oxygen atoms in total. The van der Waals surface area contributed by atoms with E-state index in [1.54, 1.807) is 0 Å². The minimum Gasteiger partial charge on any atom is -0.311 e. The van der Waals surface area contributed by atoms with Crippen molar-refractivity contribution in [3.63, 3.8) is 0 Å². The van der Waals surface area contributed by atoms with E-state index in [2.05, 4.69) is 10.3 Å². The molecule has 0 atom stereocenters. The largest absolute Gasteiger partial charge is 0.311 e. The summed E-state index contributed by atoms with van der Waals surface area (Å²) in [5, 5.41) is 3.35. The summed E-state index contributed by atoms with van der Waals surface area (Å²) >= 11 is 0. The molecule has 4 heteroatoms. The number of H-pyrrole nitrogens is 1. The number of rotatable bonds is 1. The van der Waals surface area contributed by atoms with Crippen LogP contribution in [0.15, 0.2) is 4.79 Å². The van der Waals surface area contributed by atoms with Crippen molar-refractivity contribution < 1.29 is 0 Å². The summed E-state index contributed by atoms with van der Waals surface area (Å²) in [6.45, 7) is 1.66. The van der Waals surface area contributed by atoms with Gasteiger partial charge in [-0.25, -0.2) is 4.98 Å². The van der Waals surface area contributed by atoms with E-state index in [1.807, 2.05) is 0 Å². The average Bonchev–Trinajstić information content (AvgIpc) is 2.46. The van der Waals surface area contributed by atoms with Crippen molar-refractivity contribution in [3.8, 4) is 0 Å². The molecule has 5 aliphatic rings. The first-order valence-corrected chi connectivity index (χ1v) is 8.55. The predicted octanol–water partition coefficient (Wildman–Crippen LogP) is 1.88. The molecule has 4 bridgehead atoms. The predicted molar refractivity (Wildman–Crippen MR) is 80.1 cm³/mol. The van der Waals surface area contributed by atoms with Crippen molar-refractivity contribution in [1.29, 1.82) is 0 Å². The molecule has 0 spiro atoms. The highest BCUT2D eigenvalue weighted by molar-refractivity contribution is 5.25. The van der Waals surface area contributed by atoms with Crippen molar-refractivity contribution in [2.75, 3.05) is 6.54 Å². The summed E-state index contributed by atoms with van der Waals surface area (Å²) in [5.41, 5.74) is 2.26. The standard InChI is InChI=1S/C17H23N3O/c21-15-13-1-2-18-9-14(13)19-16(20-15)17-6-10-3-11(7-17)5-12(4-10)8-17/h10-12,18H,1-9H2,(H,19,20,21). The third-order valence-corrected chi connectivity index (χ3v) is 6.49. The molecule has 4 fully saturated rings. The second kappa shape index (κ2) is 4.19. The third kappa shape index (κ3) is 1.78. The van der Waals surface area contributed by atoms with Crippen LogP contribution in [0.2, 0.25) is 0 Å². The van der Waals surface area contributed by atoms with Crippen molar-refractivity contribution in [1.82, 2.24) is 15.3 Å². The molecule has 0 aromatic carbocycles. The van der Waals surface area contributed by atoms with Crippen LogP contribution in [0.3, 0.4) is 0 Å². The molecule has 0 amide bonds. The van der Waals surface area contributed by atoms with E-state index in [0.717, 1.165) is 54.3 Å². The molecule has 0 radical (unpaired) electrons. The molecule has 1 aliphatic heterocycles. The van der Waals surface area contributed by atoms with Crippen LogP contribution in [0.1, 0.15) is 55.6 Å². The van der Waals surface area contributed by atoms with Gasteiger partial charge in [-0.3, -0.25) is 4.79 Å². The van der Waals surface area contributed by atoms with Gasteiger partial charge in [0.1, 0.15) is 5.82 Å². The first-order chi connectivity index (χ1) is 10.2. The lowest BCUT2D eigenvalue weighted by Gasteiger charge is -2.56. The van der Waals surface area contributed by atoms with Gasteiger partial charge in [-0.2, -0.15) is 0 Å². The van der Waals surface area contributed by atoms with Crippen LogP contribution in [0.4, 0.5) is 0 Å². The Morgan fingerprint density at radius 1 is 1.05 bits per heavy atom. The third-order valence-electron chi connectivity index (χ3n) is 6.49. The Labute approximate surface area is 124 Å². The minimum atomic E-state index is 0.132. The van der Waals surface area contributed by atoms with Crippen LogP contribution in [-0.4, -0.2) is 16.5 Å². The maximum atomic E-state index is 12.5. The van der Waals surface area contributed by atoms with Crippen molar-refractivity contribution in [3.05, 3.63) is 27.4 Å². The number of aromatic amines is 1. The van der Waals surface area contributed by atoms with E-state index in [1.165, 1.54) is 38.5 Å². The average molecular weight is 285 g/mol. The highest BCUT2D eigenvalue weighted by Gasteiger charge is 2.53. The highest BCUT2D eigenvalue weighted by Crippen LogP contribution is 2.60. The van der Waals surface area contributed by atoms with Gasteiger partial charge in [0.2, 0.25) is 0 Å². The fourth-order valence-electron chi connectivity index (χ4n) is 6.02. The van der Waals surface area contributed by atoms with Crippen LogP contribution in [0.5, 0.6) is 0 Å². The zero-order valence-corrected chi connectivity index (χ0v) is 12.5. The summed E-state index contributed by atoms with van der Waals surface area (Å²) in [4.78, 5) is 20.6. The molecule has 1 aromatic heterocycles. The molecule has 0 unspecified atom stereocenters. The first-order valence-electron chi connectivity index (χ1n) is 8.55. The Kier molecular flexibility index (Phi) is 2.47. The zero-order valence-electron chi connectivity index (χ0n) is 12.5. The second-order valence-corrected chi connectivity index (χ2v) is 7.96. The van der Waals surface area contributed by atoms with E-state index < -0.39 is 0 Å². The second-order valence-electron chi connectivity index (χ2n) is 7.96. The molecule has 2 heterocycles. The Balaban J connectivity index is 1.61. The molecule has 21 heavy (non-hydrogen) atoms. The lowest BCUT2D eigenvalue weighted by atomic mass is 9.49. The van der Waals surface area contributed by atoms with Crippen molar-refractivity contribution in [2.24, 2.45) is 17.8 Å². The van der Waals surface area contributed by atoms with Crippen LogP contribution < -0.4 is 10.9 Å². The van der Waals surface area contributed by atoms with Gasteiger partial charge < -0.3 is 10.3 Å². The van der Waals surface area contributed by atoms with Crippen LogP contribution in [-0.2, 0) is 18.4 Å². The van der Waals surface area contributed by atoms with Gasteiger partial charge in [0.15, 0.2) is 0 Å². The lowest BCUT2D eigenvalue weighted by molar-refractivity contribution is -0.00966. The van der Waals surface area contributed by atoms with Crippen LogP contribution >= 0.6 is 0 Å². The van der Waals surface area contributed by atoms with Gasteiger partial charge in [0.25, 0.3) is 5.56 Å². The van der Waals surface area contributed by atoms with Crippen molar-refractivity contribution >= 4 is 0 Å². The van der Waals surface area contributed by atoms with Crippen LogP contribution in [0, 0.1) is 17.8 Å². The smallest absolute Gasteiger partial charge is 0.254 e. The SMILES string of the molecule is O=c1[nH]c(C23CC4CC(CC(C4)C2)C3)nc2c1CCNC2. The monoisotopic (exact) mass is 285 g/mol. The Morgan fingerprint density at radius 2 is 1.71 bits per heavy atom. The summed E-state index contributed by atoms with van der Waals surface area (Å²) in [5.74, 6) is 3.68. The molecule has 0 saturated heterocycles. The van der Waals surface area contributed by atoms with E-state index in [0.29, 0.717) is 0 Å². The number of hydrogen-bond donors (Lipinski definition) is 2. The summed E-state index contributed by atoms with van der Waals surface area (Å²) < 4.78 is 0. The number of nitrogens with one attached hydrogen (secondary N) is 2. The van der Waals surface area contributed by atoms with E-state index in [-0.39, 0.29) is 11.0 Å². The molecular weight excluding hydrogens is 262 g/mol. The van der Waals surface area contributed by atoms with Gasteiger partial charge >= 0.3 is 0 Å². The van der Waals surface area contributed by atoms with Gasteiger partial charge in [-0.1, -0.05) is 0 Å².